The lowest BCUT2D eigenvalue weighted by molar-refractivity contribution is -0.112. The van der Waals surface area contributed by atoms with Crippen molar-refractivity contribution in [3.05, 3.63) is 12.2 Å². The molecule has 0 saturated heterocycles. The second-order valence-corrected chi connectivity index (χ2v) is 6.55. The van der Waals surface area contributed by atoms with Gasteiger partial charge >= 0.3 is 0 Å². The third-order valence-electron chi connectivity index (χ3n) is 1.38. The van der Waals surface area contributed by atoms with Crippen LogP contribution in [0.3, 0.4) is 0 Å². The van der Waals surface area contributed by atoms with E-state index < -0.39 is 0 Å². The molecule has 0 bridgehead atoms. The van der Waals surface area contributed by atoms with Crippen LogP contribution in [0.25, 0.3) is 0 Å². The molecule has 0 spiro atoms. The van der Waals surface area contributed by atoms with Gasteiger partial charge in [0.2, 0.25) is 0 Å². The molecule has 0 aromatic heterocycles. The highest BCUT2D eigenvalue weighted by Crippen LogP contribution is 2.29. The lowest BCUT2D eigenvalue weighted by atomic mass is 10.2. The first-order chi connectivity index (χ1) is 5.81. The summed E-state index contributed by atoms with van der Waals surface area (Å²) in [5.41, 5.74) is 0. The van der Waals surface area contributed by atoms with Crippen LogP contribution in [0, 0.1) is 0 Å². The van der Waals surface area contributed by atoms with Gasteiger partial charge in [0.05, 0.1) is 0 Å². The fourth-order valence-corrected chi connectivity index (χ4v) is 2.49. The molecule has 0 aromatic carbocycles. The summed E-state index contributed by atoms with van der Waals surface area (Å²) in [6, 6.07) is 0. The predicted molar refractivity (Wildman–Crippen MR) is 61.2 cm³/mol. The van der Waals surface area contributed by atoms with Crippen LogP contribution in [0.1, 0.15) is 41.0 Å². The molecule has 13 heavy (non-hydrogen) atoms. The molecule has 1 nitrogen and oxygen atoms in total. The molecule has 2 heteroatoms. The second kappa shape index (κ2) is 5.48. The van der Waals surface area contributed by atoms with Crippen molar-refractivity contribution >= 4 is 17.5 Å². The zero-order chi connectivity index (χ0) is 10.5. The van der Waals surface area contributed by atoms with E-state index in [1.807, 2.05) is 17.8 Å². The minimum atomic E-state index is 0.132. The Balaban J connectivity index is 3.76. The smallest absolute Gasteiger partial charge is 0.152 e. The zero-order valence-electron chi connectivity index (χ0n) is 9.26. The number of thioether (sulfide) groups is 1. The molecule has 0 N–H and O–H groups in total. The predicted octanol–water partition coefficient (Wildman–Crippen LogP) is 3.44. The summed E-state index contributed by atoms with van der Waals surface area (Å²) in [6.07, 6.45) is 4.59. The molecule has 76 valence electrons. The Hall–Kier alpha value is -0.240. The molecular formula is C11H20OS. The quantitative estimate of drug-likeness (QED) is 0.647. The van der Waals surface area contributed by atoms with E-state index >= 15 is 0 Å². The topological polar surface area (TPSA) is 17.1 Å². The first-order valence-corrected chi connectivity index (χ1v) is 5.54. The van der Waals surface area contributed by atoms with Crippen molar-refractivity contribution in [1.29, 1.82) is 0 Å². The first-order valence-electron chi connectivity index (χ1n) is 4.66. The van der Waals surface area contributed by atoms with E-state index in [9.17, 15) is 4.79 Å². The van der Waals surface area contributed by atoms with Gasteiger partial charge in [-0.25, -0.2) is 0 Å². The maximum Gasteiger partial charge on any atom is 0.152 e. The lowest BCUT2D eigenvalue weighted by Crippen LogP contribution is -2.12. The van der Waals surface area contributed by atoms with Crippen LogP contribution < -0.4 is 0 Å². The molecule has 0 unspecified atom stereocenters. The highest BCUT2D eigenvalue weighted by molar-refractivity contribution is 8.01. The molecule has 0 amide bonds. The van der Waals surface area contributed by atoms with E-state index in [1.165, 1.54) is 0 Å². The van der Waals surface area contributed by atoms with Gasteiger partial charge < -0.3 is 0 Å². The van der Waals surface area contributed by atoms with Crippen LogP contribution in [0.4, 0.5) is 0 Å². The van der Waals surface area contributed by atoms with Gasteiger partial charge in [0, 0.05) is 10.00 Å². The monoisotopic (exact) mass is 200 g/mol. The molecule has 0 heterocycles. The molecule has 0 fully saturated rings. The van der Waals surface area contributed by atoms with E-state index in [0.29, 0.717) is 10.00 Å². The number of hydrogen-bond donors (Lipinski definition) is 0. The van der Waals surface area contributed by atoms with Crippen molar-refractivity contribution in [2.75, 3.05) is 0 Å². The number of ketones is 1. The van der Waals surface area contributed by atoms with Crippen LogP contribution in [-0.2, 0) is 4.79 Å². The van der Waals surface area contributed by atoms with Crippen molar-refractivity contribution < 1.29 is 4.79 Å². The second-order valence-electron chi connectivity index (χ2n) is 4.29. The van der Waals surface area contributed by atoms with Crippen LogP contribution in [0.2, 0.25) is 0 Å². The van der Waals surface area contributed by atoms with Crippen LogP contribution in [0.15, 0.2) is 12.2 Å². The van der Waals surface area contributed by atoms with Gasteiger partial charge in [0.1, 0.15) is 0 Å². The maximum absolute atomic E-state index is 10.6. The van der Waals surface area contributed by atoms with Gasteiger partial charge in [-0.1, -0.05) is 33.8 Å². The van der Waals surface area contributed by atoms with E-state index in [4.69, 9.17) is 0 Å². The summed E-state index contributed by atoms with van der Waals surface area (Å²) in [6.45, 7) is 10.4. The molecule has 0 aliphatic rings. The highest BCUT2D eigenvalue weighted by Gasteiger charge is 2.14. The Morgan fingerprint density at radius 3 is 2.38 bits per heavy atom. The molecule has 0 aliphatic heterocycles. The van der Waals surface area contributed by atoms with Crippen molar-refractivity contribution in [3.63, 3.8) is 0 Å². The highest BCUT2D eigenvalue weighted by atomic mass is 32.2. The number of rotatable bonds is 4. The van der Waals surface area contributed by atoms with E-state index in [0.717, 1.165) is 6.42 Å². The molecule has 0 aliphatic carbocycles. The molecule has 1 atom stereocenters. The lowest BCUT2D eigenvalue weighted by Gasteiger charge is -2.21. The number of carbonyl (C=O) groups excluding carboxylic acids is 1. The van der Waals surface area contributed by atoms with Crippen molar-refractivity contribution in [2.24, 2.45) is 0 Å². The van der Waals surface area contributed by atoms with Crippen molar-refractivity contribution in [2.45, 2.75) is 51.0 Å². The van der Waals surface area contributed by atoms with Crippen molar-refractivity contribution in [1.82, 2.24) is 0 Å². The van der Waals surface area contributed by atoms with Crippen LogP contribution in [0.5, 0.6) is 0 Å². The minimum Gasteiger partial charge on any atom is -0.295 e. The number of carbonyl (C=O) groups is 1. The largest absolute Gasteiger partial charge is 0.295 e. The summed E-state index contributed by atoms with van der Waals surface area (Å²) in [5.74, 6) is 0.132. The molecule has 0 radical (unpaired) electrons. The average molecular weight is 200 g/mol. The van der Waals surface area contributed by atoms with Gasteiger partial charge in [-0.05, 0) is 19.4 Å². The third-order valence-corrected chi connectivity index (χ3v) is 2.68. The van der Waals surface area contributed by atoms with Gasteiger partial charge in [0.15, 0.2) is 5.78 Å². The van der Waals surface area contributed by atoms with Gasteiger partial charge in [-0.15, -0.1) is 0 Å². The summed E-state index contributed by atoms with van der Waals surface area (Å²) >= 11 is 1.95. The SMILES string of the molecule is CC(=O)/C=C/C[C@H](C)SC(C)(C)C. The third kappa shape index (κ3) is 9.68. The fourth-order valence-electron chi connectivity index (χ4n) is 1.08. The summed E-state index contributed by atoms with van der Waals surface area (Å²) in [7, 11) is 0. The minimum absolute atomic E-state index is 0.132. The molecule has 0 rings (SSSR count). The van der Waals surface area contributed by atoms with Gasteiger partial charge in [-0.2, -0.15) is 11.8 Å². The normalized spacial score (nSPS) is 14.8. The summed E-state index contributed by atoms with van der Waals surface area (Å²) < 4.78 is 0.309. The summed E-state index contributed by atoms with van der Waals surface area (Å²) in [5, 5.41) is 0.579. The Morgan fingerprint density at radius 1 is 1.46 bits per heavy atom. The molecule has 0 aromatic rings. The Bertz CT molecular complexity index is 189. The van der Waals surface area contributed by atoms with Crippen LogP contribution in [-0.4, -0.2) is 15.8 Å². The Labute approximate surface area is 86.0 Å². The molecular weight excluding hydrogens is 180 g/mol. The zero-order valence-corrected chi connectivity index (χ0v) is 10.1. The summed E-state index contributed by atoms with van der Waals surface area (Å²) in [4.78, 5) is 10.6. The van der Waals surface area contributed by atoms with Gasteiger partial charge in [0.25, 0.3) is 0 Å². The Morgan fingerprint density at radius 2 is 2.00 bits per heavy atom. The van der Waals surface area contributed by atoms with Gasteiger partial charge in [-0.3, -0.25) is 4.79 Å². The van der Waals surface area contributed by atoms with Crippen molar-refractivity contribution in [3.8, 4) is 0 Å². The number of hydrogen-bond acceptors (Lipinski definition) is 2. The first kappa shape index (κ1) is 12.8. The average Bonchev–Trinajstić information content (AvgIpc) is 1.81. The standard InChI is InChI=1S/C11H20OS/c1-9(12)7-6-8-10(2)13-11(3,4)5/h6-7,10H,8H2,1-5H3/b7-6+/t10-/m0/s1. The van der Waals surface area contributed by atoms with E-state index in [2.05, 4.69) is 27.7 Å². The number of allylic oxidation sites excluding steroid dienone is 2. The molecule has 0 saturated carbocycles. The maximum atomic E-state index is 10.6. The van der Waals surface area contributed by atoms with E-state index in [1.54, 1.807) is 13.0 Å². The Kier molecular flexibility index (Phi) is 5.38. The van der Waals surface area contributed by atoms with E-state index in [-0.39, 0.29) is 5.78 Å². The fraction of sp³-hybridized carbons (Fsp3) is 0.727. The van der Waals surface area contributed by atoms with Crippen LogP contribution >= 0.6 is 11.8 Å².